The molecular formula is C8H9NO. The van der Waals surface area contributed by atoms with Crippen molar-refractivity contribution < 1.29 is 4.79 Å². The SMILES string of the molecule is CC(=O)N1C=CC2C=CC21. The van der Waals surface area contributed by atoms with Crippen molar-refractivity contribution in [1.29, 1.82) is 0 Å². The fraction of sp³-hybridized carbons (Fsp3) is 0.375. The van der Waals surface area contributed by atoms with Crippen molar-refractivity contribution in [3.63, 3.8) is 0 Å². The summed E-state index contributed by atoms with van der Waals surface area (Å²) in [5.41, 5.74) is 0. The van der Waals surface area contributed by atoms with Gasteiger partial charge < -0.3 is 4.90 Å². The molecule has 2 atom stereocenters. The standard InChI is InChI=1S/C8H9NO/c1-6(10)9-5-4-7-2-3-8(7)9/h2-5,7-8H,1H3. The molecule has 0 fully saturated rings. The summed E-state index contributed by atoms with van der Waals surface area (Å²) in [5, 5.41) is 0. The summed E-state index contributed by atoms with van der Waals surface area (Å²) >= 11 is 0. The smallest absolute Gasteiger partial charge is 0.223 e. The lowest BCUT2D eigenvalue weighted by Gasteiger charge is -2.28. The van der Waals surface area contributed by atoms with Crippen LogP contribution in [0.25, 0.3) is 0 Å². The van der Waals surface area contributed by atoms with Crippen LogP contribution in [0.15, 0.2) is 24.4 Å². The molecule has 0 aromatic carbocycles. The average molecular weight is 135 g/mol. The highest BCUT2D eigenvalue weighted by atomic mass is 16.2. The van der Waals surface area contributed by atoms with Crippen molar-refractivity contribution in [1.82, 2.24) is 4.90 Å². The molecule has 2 rings (SSSR count). The molecule has 0 spiro atoms. The molecule has 1 heterocycles. The average Bonchev–Trinajstić information content (AvgIpc) is 2.07. The Morgan fingerprint density at radius 3 is 2.50 bits per heavy atom. The molecule has 0 aromatic rings. The van der Waals surface area contributed by atoms with E-state index in [-0.39, 0.29) is 5.91 Å². The van der Waals surface area contributed by atoms with Crippen molar-refractivity contribution in [2.75, 3.05) is 0 Å². The molecule has 1 amide bonds. The molecule has 1 aliphatic carbocycles. The van der Waals surface area contributed by atoms with Gasteiger partial charge in [0, 0.05) is 19.0 Å². The minimum atomic E-state index is 0.133. The number of hydrogen-bond acceptors (Lipinski definition) is 1. The quantitative estimate of drug-likeness (QED) is 0.452. The first-order valence-corrected chi connectivity index (χ1v) is 3.44. The van der Waals surface area contributed by atoms with E-state index in [0.29, 0.717) is 12.0 Å². The fourth-order valence-electron chi connectivity index (χ4n) is 1.40. The van der Waals surface area contributed by atoms with Crippen LogP contribution in [-0.2, 0) is 4.79 Å². The first-order chi connectivity index (χ1) is 4.79. The Morgan fingerprint density at radius 1 is 1.40 bits per heavy atom. The molecule has 0 radical (unpaired) electrons. The van der Waals surface area contributed by atoms with Crippen molar-refractivity contribution in [2.24, 2.45) is 5.92 Å². The maximum absolute atomic E-state index is 10.9. The van der Waals surface area contributed by atoms with Crippen LogP contribution >= 0.6 is 0 Å². The lowest BCUT2D eigenvalue weighted by molar-refractivity contribution is -0.127. The van der Waals surface area contributed by atoms with E-state index in [9.17, 15) is 4.79 Å². The zero-order valence-corrected chi connectivity index (χ0v) is 5.82. The molecule has 2 unspecified atom stereocenters. The molecule has 52 valence electrons. The summed E-state index contributed by atoms with van der Waals surface area (Å²) < 4.78 is 0. The van der Waals surface area contributed by atoms with Gasteiger partial charge in [-0.05, 0) is 0 Å². The van der Waals surface area contributed by atoms with Crippen molar-refractivity contribution in [2.45, 2.75) is 13.0 Å². The second kappa shape index (κ2) is 1.72. The van der Waals surface area contributed by atoms with Crippen molar-refractivity contribution in [3.8, 4) is 0 Å². The van der Waals surface area contributed by atoms with Gasteiger partial charge in [-0.2, -0.15) is 0 Å². The topological polar surface area (TPSA) is 20.3 Å². The number of carbonyl (C=O) groups excluding carboxylic acids is 1. The summed E-state index contributed by atoms with van der Waals surface area (Å²) in [6.45, 7) is 1.60. The maximum atomic E-state index is 10.9. The molecule has 0 aromatic heterocycles. The molecule has 2 heteroatoms. The molecule has 2 aliphatic rings. The second-order valence-corrected chi connectivity index (χ2v) is 2.72. The van der Waals surface area contributed by atoms with Gasteiger partial charge in [0.1, 0.15) is 0 Å². The van der Waals surface area contributed by atoms with Gasteiger partial charge in [0.2, 0.25) is 5.91 Å². The van der Waals surface area contributed by atoms with Gasteiger partial charge in [-0.3, -0.25) is 4.79 Å². The van der Waals surface area contributed by atoms with Crippen LogP contribution in [0.2, 0.25) is 0 Å². The Kier molecular flexibility index (Phi) is 0.982. The second-order valence-electron chi connectivity index (χ2n) is 2.72. The lowest BCUT2D eigenvalue weighted by Crippen LogP contribution is -2.36. The van der Waals surface area contributed by atoms with E-state index in [1.54, 1.807) is 11.8 Å². The molecule has 0 saturated carbocycles. The minimum absolute atomic E-state index is 0.133. The fourth-order valence-corrected chi connectivity index (χ4v) is 1.40. The molecular weight excluding hydrogens is 126 g/mol. The predicted molar refractivity (Wildman–Crippen MR) is 38.1 cm³/mol. The number of fused-ring (bicyclic) bond motifs is 1. The third-order valence-electron chi connectivity index (χ3n) is 2.08. The van der Waals surface area contributed by atoms with Gasteiger partial charge in [0.25, 0.3) is 0 Å². The van der Waals surface area contributed by atoms with Crippen LogP contribution in [-0.4, -0.2) is 16.8 Å². The third kappa shape index (κ3) is 0.561. The van der Waals surface area contributed by atoms with Crippen molar-refractivity contribution in [3.05, 3.63) is 24.4 Å². The summed E-state index contributed by atoms with van der Waals surface area (Å²) in [6.07, 6.45) is 8.11. The van der Waals surface area contributed by atoms with Crippen molar-refractivity contribution >= 4 is 5.91 Å². The van der Waals surface area contributed by atoms with E-state index in [2.05, 4.69) is 18.2 Å². The Morgan fingerprint density at radius 2 is 2.20 bits per heavy atom. The zero-order chi connectivity index (χ0) is 7.14. The first kappa shape index (κ1) is 5.71. The van der Waals surface area contributed by atoms with Gasteiger partial charge in [0.05, 0.1) is 6.04 Å². The summed E-state index contributed by atoms with van der Waals surface area (Å²) in [6, 6.07) is 0.345. The van der Waals surface area contributed by atoms with Crippen LogP contribution < -0.4 is 0 Å². The van der Waals surface area contributed by atoms with E-state index >= 15 is 0 Å². The lowest BCUT2D eigenvalue weighted by atomic mass is 9.91. The number of nitrogens with zero attached hydrogens (tertiary/aromatic N) is 1. The normalized spacial score (nSPS) is 33.9. The monoisotopic (exact) mass is 135 g/mol. The Hall–Kier alpha value is -1.05. The van der Waals surface area contributed by atoms with Crippen LogP contribution in [0.5, 0.6) is 0 Å². The molecule has 0 N–H and O–H groups in total. The van der Waals surface area contributed by atoms with Crippen LogP contribution in [0.4, 0.5) is 0 Å². The van der Waals surface area contributed by atoms with E-state index in [4.69, 9.17) is 0 Å². The van der Waals surface area contributed by atoms with E-state index in [0.717, 1.165) is 0 Å². The number of amides is 1. The molecule has 1 aliphatic heterocycles. The predicted octanol–water partition coefficient (Wildman–Crippen LogP) is 0.917. The zero-order valence-electron chi connectivity index (χ0n) is 5.82. The molecule has 0 bridgehead atoms. The Balaban J connectivity index is 2.20. The summed E-state index contributed by atoms with van der Waals surface area (Å²) in [4.78, 5) is 12.6. The number of carbonyl (C=O) groups is 1. The molecule has 10 heavy (non-hydrogen) atoms. The number of hydrogen-bond donors (Lipinski definition) is 0. The van der Waals surface area contributed by atoms with Gasteiger partial charge in [0.15, 0.2) is 0 Å². The number of rotatable bonds is 0. The summed E-state index contributed by atoms with van der Waals surface area (Å²) in [7, 11) is 0. The highest BCUT2D eigenvalue weighted by Gasteiger charge is 2.32. The van der Waals surface area contributed by atoms with Gasteiger partial charge >= 0.3 is 0 Å². The third-order valence-corrected chi connectivity index (χ3v) is 2.08. The largest absolute Gasteiger partial charge is 0.312 e. The van der Waals surface area contributed by atoms with E-state index in [1.807, 2.05) is 6.20 Å². The Bertz CT molecular complexity index is 229. The van der Waals surface area contributed by atoms with Gasteiger partial charge in [-0.25, -0.2) is 0 Å². The van der Waals surface area contributed by atoms with Crippen LogP contribution in [0, 0.1) is 5.92 Å². The summed E-state index contributed by atoms with van der Waals surface area (Å²) in [5.74, 6) is 0.636. The molecule has 0 saturated heterocycles. The van der Waals surface area contributed by atoms with Gasteiger partial charge in [-0.1, -0.05) is 18.2 Å². The highest BCUT2D eigenvalue weighted by Crippen LogP contribution is 2.30. The highest BCUT2D eigenvalue weighted by molar-refractivity contribution is 5.76. The van der Waals surface area contributed by atoms with E-state index < -0.39 is 0 Å². The Labute approximate surface area is 59.8 Å². The first-order valence-electron chi connectivity index (χ1n) is 3.44. The van der Waals surface area contributed by atoms with Crippen LogP contribution in [0.1, 0.15) is 6.92 Å². The minimum Gasteiger partial charge on any atom is -0.312 e. The maximum Gasteiger partial charge on any atom is 0.223 e. The molecule has 2 nitrogen and oxygen atoms in total. The van der Waals surface area contributed by atoms with Gasteiger partial charge in [-0.15, -0.1) is 0 Å². The van der Waals surface area contributed by atoms with Crippen LogP contribution in [0.3, 0.4) is 0 Å². The van der Waals surface area contributed by atoms with E-state index in [1.165, 1.54) is 0 Å².